The summed E-state index contributed by atoms with van der Waals surface area (Å²) in [6.45, 7) is 3.57. The monoisotopic (exact) mass is 394 g/mol. The molecule has 0 saturated heterocycles. The average Bonchev–Trinajstić information content (AvgIpc) is 2.71. The van der Waals surface area contributed by atoms with Gasteiger partial charge < -0.3 is 10.1 Å². The van der Waals surface area contributed by atoms with E-state index >= 15 is 0 Å². The van der Waals surface area contributed by atoms with Crippen LogP contribution in [0.1, 0.15) is 29.8 Å². The van der Waals surface area contributed by atoms with Crippen LogP contribution in [0.15, 0.2) is 53.6 Å². The minimum Gasteiger partial charge on any atom is -0.497 e. The largest absolute Gasteiger partial charge is 0.497 e. The lowest BCUT2D eigenvalue weighted by Gasteiger charge is -2.10. The summed E-state index contributed by atoms with van der Waals surface area (Å²) in [7, 11) is 1.64. The van der Waals surface area contributed by atoms with Crippen molar-refractivity contribution in [3.63, 3.8) is 0 Å². The number of aryl methyl sites for hydroxylation is 1. The molecule has 5 nitrogen and oxygen atoms in total. The van der Waals surface area contributed by atoms with E-state index in [1.54, 1.807) is 31.4 Å². The average molecular weight is 394 g/mol. The van der Waals surface area contributed by atoms with E-state index in [4.69, 9.17) is 9.72 Å². The van der Waals surface area contributed by atoms with E-state index in [1.807, 2.05) is 18.2 Å². The zero-order valence-corrected chi connectivity index (χ0v) is 16.9. The number of nitrogens with zero attached hydrogens (tertiary/aromatic N) is 1. The number of thioether (sulfide) groups is 1. The molecule has 0 atom stereocenters. The second kappa shape index (κ2) is 8.89. The first-order valence-corrected chi connectivity index (χ1v) is 10.00. The molecule has 0 aliphatic rings. The molecule has 0 fully saturated rings. The van der Waals surface area contributed by atoms with Crippen LogP contribution in [0.4, 0.5) is 5.69 Å². The summed E-state index contributed by atoms with van der Waals surface area (Å²) >= 11 is 1.41. The minimum atomic E-state index is -0.135. The van der Waals surface area contributed by atoms with E-state index in [1.165, 1.54) is 18.7 Å². The zero-order valence-electron chi connectivity index (χ0n) is 16.1. The minimum absolute atomic E-state index is 0.0324. The van der Waals surface area contributed by atoms with Crippen molar-refractivity contribution >= 4 is 40.0 Å². The lowest BCUT2D eigenvalue weighted by Crippen LogP contribution is -2.14. The summed E-state index contributed by atoms with van der Waals surface area (Å²) in [6.07, 6.45) is 0.824. The molecule has 144 valence electrons. The van der Waals surface area contributed by atoms with E-state index in [0.717, 1.165) is 33.7 Å². The number of amides is 1. The van der Waals surface area contributed by atoms with Gasteiger partial charge in [-0.3, -0.25) is 9.59 Å². The highest BCUT2D eigenvalue weighted by Crippen LogP contribution is 2.28. The van der Waals surface area contributed by atoms with Crippen LogP contribution in [-0.4, -0.2) is 29.5 Å². The Morgan fingerprint density at radius 2 is 1.96 bits per heavy atom. The number of carbonyl (C=O) groups excluding carboxylic acids is 2. The Kier molecular flexibility index (Phi) is 6.31. The van der Waals surface area contributed by atoms with E-state index in [-0.39, 0.29) is 17.4 Å². The molecule has 3 rings (SSSR count). The number of fused-ring (bicyclic) bond motifs is 1. The lowest BCUT2D eigenvalue weighted by molar-refractivity contribution is -0.113. The number of hydrogen-bond donors (Lipinski definition) is 1. The number of aromatic nitrogens is 1. The van der Waals surface area contributed by atoms with Gasteiger partial charge in [-0.15, -0.1) is 0 Å². The van der Waals surface area contributed by atoms with E-state index in [9.17, 15) is 9.59 Å². The number of nitrogens with one attached hydrogen (secondary N) is 1. The third kappa shape index (κ3) is 4.70. The highest BCUT2D eigenvalue weighted by molar-refractivity contribution is 8.00. The highest BCUT2D eigenvalue weighted by Gasteiger charge is 2.11. The molecule has 6 heteroatoms. The van der Waals surface area contributed by atoms with Gasteiger partial charge in [0.15, 0.2) is 5.78 Å². The zero-order chi connectivity index (χ0) is 20.1. The van der Waals surface area contributed by atoms with Crippen molar-refractivity contribution in [2.75, 3.05) is 18.2 Å². The Bertz CT molecular complexity index is 1030. The van der Waals surface area contributed by atoms with Crippen molar-refractivity contribution in [3.05, 3.63) is 59.7 Å². The summed E-state index contributed by atoms with van der Waals surface area (Å²) < 4.78 is 5.28. The molecule has 1 heterocycles. The van der Waals surface area contributed by atoms with Gasteiger partial charge in [0, 0.05) is 16.6 Å². The normalized spacial score (nSPS) is 10.7. The summed E-state index contributed by atoms with van der Waals surface area (Å²) in [4.78, 5) is 28.6. The molecule has 3 aromatic rings. The van der Waals surface area contributed by atoms with Gasteiger partial charge in [-0.1, -0.05) is 30.8 Å². The van der Waals surface area contributed by atoms with Crippen LogP contribution >= 0.6 is 11.8 Å². The number of ether oxygens (including phenoxy) is 1. The van der Waals surface area contributed by atoms with Gasteiger partial charge in [0.2, 0.25) is 5.91 Å². The second-order valence-electron chi connectivity index (χ2n) is 6.34. The predicted octanol–water partition coefficient (Wildman–Crippen LogP) is 4.74. The molecule has 0 aliphatic carbocycles. The molecular formula is C22H22N2O3S. The Hall–Kier alpha value is -2.86. The van der Waals surface area contributed by atoms with E-state index < -0.39 is 0 Å². The predicted molar refractivity (Wildman–Crippen MR) is 113 cm³/mol. The van der Waals surface area contributed by atoms with Gasteiger partial charge in [0.25, 0.3) is 0 Å². The molecule has 0 unspecified atom stereocenters. The van der Waals surface area contributed by atoms with Crippen molar-refractivity contribution in [1.82, 2.24) is 4.98 Å². The fraction of sp³-hybridized carbons (Fsp3) is 0.227. The van der Waals surface area contributed by atoms with Crippen LogP contribution in [0.25, 0.3) is 10.9 Å². The van der Waals surface area contributed by atoms with Crippen LogP contribution in [0, 0.1) is 0 Å². The first kappa shape index (κ1) is 19.9. The van der Waals surface area contributed by atoms with Crippen LogP contribution in [0.3, 0.4) is 0 Å². The van der Waals surface area contributed by atoms with Crippen molar-refractivity contribution in [2.24, 2.45) is 0 Å². The number of anilines is 1. The summed E-state index contributed by atoms with van der Waals surface area (Å²) in [5.74, 6) is 0.870. The maximum atomic E-state index is 12.4. The molecule has 0 spiro atoms. The summed E-state index contributed by atoms with van der Waals surface area (Å²) in [6, 6.07) is 14.8. The molecule has 28 heavy (non-hydrogen) atoms. The van der Waals surface area contributed by atoms with Gasteiger partial charge in [-0.2, -0.15) is 0 Å². The first-order valence-electron chi connectivity index (χ1n) is 9.01. The smallest absolute Gasteiger partial charge is 0.234 e. The van der Waals surface area contributed by atoms with Crippen LogP contribution < -0.4 is 10.1 Å². The van der Waals surface area contributed by atoms with Crippen LogP contribution in [-0.2, 0) is 11.2 Å². The Morgan fingerprint density at radius 3 is 2.68 bits per heavy atom. The fourth-order valence-electron chi connectivity index (χ4n) is 2.83. The van der Waals surface area contributed by atoms with E-state index in [0.29, 0.717) is 11.3 Å². The molecule has 2 aromatic carbocycles. The van der Waals surface area contributed by atoms with Crippen LogP contribution in [0.5, 0.6) is 5.75 Å². The quantitative estimate of drug-likeness (QED) is 0.463. The number of hydrogen-bond acceptors (Lipinski definition) is 5. The maximum absolute atomic E-state index is 12.4. The first-order chi connectivity index (χ1) is 13.5. The maximum Gasteiger partial charge on any atom is 0.234 e. The Morgan fingerprint density at radius 1 is 1.14 bits per heavy atom. The third-order valence-corrected chi connectivity index (χ3v) is 5.37. The number of Topliss-reactive ketones (excluding diaryl/α,β-unsaturated/α-hetero) is 1. The Labute approximate surface area is 168 Å². The molecule has 0 saturated carbocycles. The highest BCUT2D eigenvalue weighted by atomic mass is 32.2. The van der Waals surface area contributed by atoms with Gasteiger partial charge >= 0.3 is 0 Å². The number of carbonyl (C=O) groups is 2. The summed E-state index contributed by atoms with van der Waals surface area (Å²) in [5.41, 5.74) is 3.16. The fourth-order valence-corrected chi connectivity index (χ4v) is 3.72. The number of benzene rings is 2. The van der Waals surface area contributed by atoms with Crippen molar-refractivity contribution in [1.29, 1.82) is 0 Å². The van der Waals surface area contributed by atoms with Gasteiger partial charge in [0.05, 0.1) is 18.4 Å². The van der Waals surface area contributed by atoms with Crippen molar-refractivity contribution in [2.45, 2.75) is 25.3 Å². The molecule has 0 bridgehead atoms. The second-order valence-corrected chi connectivity index (χ2v) is 7.30. The SMILES string of the molecule is CCc1cc2cc(OC)ccc2nc1SCC(=O)Nc1cccc(C(C)=O)c1. The van der Waals surface area contributed by atoms with Gasteiger partial charge in [0.1, 0.15) is 10.8 Å². The molecule has 0 aliphatic heterocycles. The lowest BCUT2D eigenvalue weighted by atomic mass is 10.1. The van der Waals surface area contributed by atoms with E-state index in [2.05, 4.69) is 18.3 Å². The van der Waals surface area contributed by atoms with Crippen LogP contribution in [0.2, 0.25) is 0 Å². The van der Waals surface area contributed by atoms with Crippen molar-refractivity contribution in [3.8, 4) is 5.75 Å². The molecular weight excluding hydrogens is 372 g/mol. The number of pyridine rings is 1. The topological polar surface area (TPSA) is 68.3 Å². The molecule has 1 amide bonds. The third-order valence-electron chi connectivity index (χ3n) is 4.33. The standard InChI is InChI=1S/C22H22N2O3S/c1-4-15-10-17-12-19(27-3)8-9-20(17)24-22(15)28-13-21(26)23-18-7-5-6-16(11-18)14(2)25/h5-12H,4,13H2,1-3H3,(H,23,26). The molecule has 0 radical (unpaired) electrons. The molecule has 1 aromatic heterocycles. The number of ketones is 1. The van der Waals surface area contributed by atoms with Crippen molar-refractivity contribution < 1.29 is 14.3 Å². The van der Waals surface area contributed by atoms with Gasteiger partial charge in [-0.05, 0) is 55.3 Å². The molecule has 1 N–H and O–H groups in total. The van der Waals surface area contributed by atoms with Gasteiger partial charge in [-0.25, -0.2) is 4.98 Å². The Balaban J connectivity index is 1.72. The summed E-state index contributed by atoms with van der Waals surface area (Å²) in [5, 5.41) is 4.71. The number of methoxy groups -OCH3 is 1. The number of rotatable bonds is 7.